The summed E-state index contributed by atoms with van der Waals surface area (Å²) in [6.45, 7) is 12.9. The number of amides is 2. The molecule has 2 N–H and O–H groups in total. The van der Waals surface area contributed by atoms with Crippen LogP contribution in [0.2, 0.25) is 0 Å². The molecule has 0 aromatic carbocycles. The summed E-state index contributed by atoms with van der Waals surface area (Å²) >= 11 is 0. The summed E-state index contributed by atoms with van der Waals surface area (Å²) < 4.78 is 0. The third-order valence-electron chi connectivity index (χ3n) is 2.26. The van der Waals surface area contributed by atoms with Crippen LogP contribution < -0.4 is 10.6 Å². The quantitative estimate of drug-likeness (QED) is 0.661. The lowest BCUT2D eigenvalue weighted by Gasteiger charge is -2.18. The van der Waals surface area contributed by atoms with Crippen LogP contribution in [0, 0.1) is 0 Å². The van der Waals surface area contributed by atoms with E-state index in [2.05, 4.69) is 23.8 Å². The molecule has 0 fully saturated rings. The fourth-order valence-electron chi connectivity index (χ4n) is 1.25. The standard InChI is InChI=1S/C13H22N2O2/c1-6-7-11(15-13(17)10(4)5)8-14-12(16)9(2)3/h11H,2,4,6-8H2,1,3,5H3,(H,14,16)(H,15,17). The Balaban J connectivity index is 4.24. The van der Waals surface area contributed by atoms with E-state index in [1.807, 2.05) is 6.92 Å². The maximum atomic E-state index is 11.5. The van der Waals surface area contributed by atoms with Gasteiger partial charge in [-0.25, -0.2) is 0 Å². The summed E-state index contributed by atoms with van der Waals surface area (Å²) in [5.41, 5.74) is 0.934. The minimum atomic E-state index is -0.185. The smallest absolute Gasteiger partial charge is 0.246 e. The highest BCUT2D eigenvalue weighted by molar-refractivity contribution is 5.93. The van der Waals surface area contributed by atoms with Crippen molar-refractivity contribution in [1.29, 1.82) is 0 Å². The first-order chi connectivity index (χ1) is 7.88. The van der Waals surface area contributed by atoms with Crippen molar-refractivity contribution in [2.45, 2.75) is 39.7 Å². The SMILES string of the molecule is C=C(C)C(=O)NCC(CCC)NC(=O)C(=C)C. The van der Waals surface area contributed by atoms with E-state index in [1.165, 1.54) is 0 Å². The van der Waals surface area contributed by atoms with Crippen molar-refractivity contribution in [2.75, 3.05) is 6.54 Å². The minimum absolute atomic E-state index is 0.0625. The monoisotopic (exact) mass is 238 g/mol. The van der Waals surface area contributed by atoms with Gasteiger partial charge in [0.2, 0.25) is 11.8 Å². The van der Waals surface area contributed by atoms with Gasteiger partial charge in [-0.05, 0) is 20.3 Å². The van der Waals surface area contributed by atoms with Crippen LogP contribution in [0.25, 0.3) is 0 Å². The second-order valence-electron chi connectivity index (χ2n) is 4.23. The highest BCUT2D eigenvalue weighted by Crippen LogP contribution is 1.98. The average Bonchev–Trinajstić information content (AvgIpc) is 2.25. The molecule has 0 aliphatic heterocycles. The molecule has 0 radical (unpaired) electrons. The molecule has 96 valence electrons. The van der Waals surface area contributed by atoms with Gasteiger partial charge in [-0.1, -0.05) is 26.5 Å². The summed E-state index contributed by atoms with van der Waals surface area (Å²) in [5.74, 6) is -0.358. The van der Waals surface area contributed by atoms with E-state index in [9.17, 15) is 9.59 Å². The largest absolute Gasteiger partial charge is 0.350 e. The van der Waals surface area contributed by atoms with Crippen LogP contribution >= 0.6 is 0 Å². The van der Waals surface area contributed by atoms with Crippen molar-refractivity contribution in [3.8, 4) is 0 Å². The van der Waals surface area contributed by atoms with Gasteiger partial charge in [-0.2, -0.15) is 0 Å². The van der Waals surface area contributed by atoms with E-state index in [0.29, 0.717) is 17.7 Å². The number of hydrogen-bond donors (Lipinski definition) is 2. The molecular weight excluding hydrogens is 216 g/mol. The lowest BCUT2D eigenvalue weighted by atomic mass is 10.1. The van der Waals surface area contributed by atoms with Gasteiger partial charge in [-0.3, -0.25) is 9.59 Å². The molecule has 0 spiro atoms. The molecule has 4 nitrogen and oxygen atoms in total. The van der Waals surface area contributed by atoms with Crippen molar-refractivity contribution >= 4 is 11.8 Å². The van der Waals surface area contributed by atoms with Crippen LogP contribution in [0.5, 0.6) is 0 Å². The molecule has 1 unspecified atom stereocenters. The lowest BCUT2D eigenvalue weighted by molar-refractivity contribution is -0.119. The van der Waals surface area contributed by atoms with E-state index >= 15 is 0 Å². The number of carbonyl (C=O) groups excluding carboxylic acids is 2. The molecule has 0 aromatic heterocycles. The zero-order valence-corrected chi connectivity index (χ0v) is 10.9. The number of nitrogens with one attached hydrogen (secondary N) is 2. The molecule has 0 aliphatic rings. The van der Waals surface area contributed by atoms with E-state index in [0.717, 1.165) is 12.8 Å². The molecule has 17 heavy (non-hydrogen) atoms. The number of carbonyl (C=O) groups is 2. The molecule has 0 bridgehead atoms. The molecule has 0 aromatic rings. The first-order valence-electron chi connectivity index (χ1n) is 5.78. The molecule has 2 amide bonds. The molecular formula is C13H22N2O2. The van der Waals surface area contributed by atoms with Crippen molar-refractivity contribution in [1.82, 2.24) is 10.6 Å². The Hall–Kier alpha value is -1.58. The predicted molar refractivity (Wildman–Crippen MR) is 69.5 cm³/mol. The summed E-state index contributed by atoms with van der Waals surface area (Å²) in [5, 5.41) is 5.56. The first kappa shape index (κ1) is 15.4. The highest BCUT2D eigenvalue weighted by Gasteiger charge is 2.13. The zero-order chi connectivity index (χ0) is 13.4. The van der Waals surface area contributed by atoms with Gasteiger partial charge in [-0.15, -0.1) is 0 Å². The summed E-state index contributed by atoms with van der Waals surface area (Å²) in [6, 6.07) is -0.0625. The van der Waals surface area contributed by atoms with Gasteiger partial charge < -0.3 is 10.6 Å². The minimum Gasteiger partial charge on any atom is -0.350 e. The Bertz CT molecular complexity index is 321. The van der Waals surface area contributed by atoms with Crippen molar-refractivity contribution < 1.29 is 9.59 Å². The van der Waals surface area contributed by atoms with Gasteiger partial charge in [0.1, 0.15) is 0 Å². The van der Waals surface area contributed by atoms with Gasteiger partial charge in [0.05, 0.1) is 0 Å². The van der Waals surface area contributed by atoms with E-state index < -0.39 is 0 Å². The van der Waals surface area contributed by atoms with Gasteiger partial charge >= 0.3 is 0 Å². The number of rotatable bonds is 7. The van der Waals surface area contributed by atoms with Crippen LogP contribution in [0.4, 0.5) is 0 Å². The molecule has 0 aliphatic carbocycles. The maximum absolute atomic E-state index is 11.5. The lowest BCUT2D eigenvalue weighted by Crippen LogP contribution is -2.43. The highest BCUT2D eigenvalue weighted by atomic mass is 16.2. The van der Waals surface area contributed by atoms with Crippen molar-refractivity contribution in [3.63, 3.8) is 0 Å². The third-order valence-corrected chi connectivity index (χ3v) is 2.26. The molecule has 0 saturated heterocycles. The second kappa shape index (κ2) is 7.65. The van der Waals surface area contributed by atoms with E-state index in [-0.39, 0.29) is 17.9 Å². The fourth-order valence-corrected chi connectivity index (χ4v) is 1.25. The summed E-state index contributed by atoms with van der Waals surface area (Å²) in [6.07, 6.45) is 1.75. The van der Waals surface area contributed by atoms with Crippen LogP contribution in [0.3, 0.4) is 0 Å². The third kappa shape index (κ3) is 6.56. The Morgan fingerprint density at radius 3 is 2.06 bits per heavy atom. The Morgan fingerprint density at radius 2 is 1.65 bits per heavy atom. The predicted octanol–water partition coefficient (Wildman–Crippen LogP) is 1.54. The molecule has 0 saturated carbocycles. The zero-order valence-electron chi connectivity index (χ0n) is 10.9. The summed E-state index contributed by atoms with van der Waals surface area (Å²) in [7, 11) is 0. The molecule has 0 heterocycles. The second-order valence-corrected chi connectivity index (χ2v) is 4.23. The van der Waals surface area contributed by atoms with Gasteiger partial charge in [0.25, 0.3) is 0 Å². The normalized spacial score (nSPS) is 11.5. The Kier molecular flexibility index (Phi) is 6.94. The Labute approximate surface area is 103 Å². The first-order valence-corrected chi connectivity index (χ1v) is 5.78. The average molecular weight is 238 g/mol. The van der Waals surface area contributed by atoms with Crippen molar-refractivity contribution in [3.05, 3.63) is 24.3 Å². The maximum Gasteiger partial charge on any atom is 0.246 e. The fraction of sp³-hybridized carbons (Fsp3) is 0.538. The van der Waals surface area contributed by atoms with Crippen LogP contribution in [0.15, 0.2) is 24.3 Å². The van der Waals surface area contributed by atoms with E-state index in [4.69, 9.17) is 0 Å². The Morgan fingerprint density at radius 1 is 1.12 bits per heavy atom. The van der Waals surface area contributed by atoms with Crippen LogP contribution in [0.1, 0.15) is 33.6 Å². The van der Waals surface area contributed by atoms with Gasteiger partial charge in [0, 0.05) is 23.7 Å². The van der Waals surface area contributed by atoms with Crippen LogP contribution in [-0.4, -0.2) is 24.4 Å². The number of hydrogen-bond acceptors (Lipinski definition) is 2. The van der Waals surface area contributed by atoms with Crippen LogP contribution in [-0.2, 0) is 9.59 Å². The molecule has 1 atom stereocenters. The van der Waals surface area contributed by atoms with Crippen molar-refractivity contribution in [2.24, 2.45) is 0 Å². The molecule has 4 heteroatoms. The van der Waals surface area contributed by atoms with Gasteiger partial charge in [0.15, 0.2) is 0 Å². The molecule has 0 rings (SSSR count). The topological polar surface area (TPSA) is 58.2 Å². The van der Waals surface area contributed by atoms with E-state index in [1.54, 1.807) is 13.8 Å². The summed E-state index contributed by atoms with van der Waals surface area (Å²) in [4.78, 5) is 22.8.